The summed E-state index contributed by atoms with van der Waals surface area (Å²) in [7, 11) is -2.96. The van der Waals surface area contributed by atoms with Crippen LogP contribution in [0.2, 0.25) is 0 Å². The van der Waals surface area contributed by atoms with Gasteiger partial charge in [0.25, 0.3) is 24.8 Å². The molecule has 1 aromatic heterocycles. The molecule has 11 heteroatoms. The van der Waals surface area contributed by atoms with Gasteiger partial charge in [-0.2, -0.15) is 0 Å². The standard InChI is InChI=1S/C14H9ClN2O6S2/c15-24(20,21)14-9-16(13-4-2-1-3-12(13)14)25(22,23)11-7-5-10(6-8-11)17(18)19/h1-9H. The van der Waals surface area contributed by atoms with Gasteiger partial charge in [0.2, 0.25) is 0 Å². The Hall–Kier alpha value is -2.43. The molecule has 0 aliphatic carbocycles. The number of aromatic nitrogens is 1. The third-order valence-electron chi connectivity index (χ3n) is 3.51. The first kappa shape index (κ1) is 17.4. The minimum atomic E-state index is -4.18. The molecule has 0 bridgehead atoms. The van der Waals surface area contributed by atoms with Gasteiger partial charge in [0.15, 0.2) is 0 Å². The van der Waals surface area contributed by atoms with Crippen molar-refractivity contribution in [1.29, 1.82) is 0 Å². The maximum Gasteiger partial charge on any atom is 0.269 e. The van der Waals surface area contributed by atoms with Gasteiger partial charge in [-0.05, 0) is 18.2 Å². The highest BCUT2D eigenvalue weighted by Gasteiger charge is 2.25. The second-order valence-electron chi connectivity index (χ2n) is 5.00. The summed E-state index contributed by atoms with van der Waals surface area (Å²) in [6, 6.07) is 10.2. The monoisotopic (exact) mass is 400 g/mol. The molecule has 0 amide bonds. The summed E-state index contributed by atoms with van der Waals surface area (Å²) in [5, 5.41) is 10.8. The van der Waals surface area contributed by atoms with Crippen LogP contribution in [0.3, 0.4) is 0 Å². The fourth-order valence-corrected chi connectivity index (χ4v) is 4.84. The van der Waals surface area contributed by atoms with Gasteiger partial charge in [-0.3, -0.25) is 10.1 Å². The largest absolute Gasteiger partial charge is 0.269 e. The predicted molar refractivity (Wildman–Crippen MR) is 90.7 cm³/mol. The SMILES string of the molecule is O=[N+]([O-])c1ccc(S(=O)(=O)n2cc(S(=O)(=O)Cl)c3ccccc32)cc1. The van der Waals surface area contributed by atoms with Crippen LogP contribution in [0.15, 0.2) is 64.5 Å². The van der Waals surface area contributed by atoms with E-state index in [-0.39, 0.29) is 26.4 Å². The first-order valence-corrected chi connectivity index (χ1v) is 10.4. The first-order chi connectivity index (χ1) is 11.6. The van der Waals surface area contributed by atoms with E-state index in [4.69, 9.17) is 10.7 Å². The number of para-hydroxylation sites is 1. The summed E-state index contributed by atoms with van der Waals surface area (Å²) in [5.74, 6) is 0. The first-order valence-electron chi connectivity index (χ1n) is 6.67. The van der Waals surface area contributed by atoms with Gasteiger partial charge >= 0.3 is 0 Å². The maximum absolute atomic E-state index is 12.8. The van der Waals surface area contributed by atoms with Crippen LogP contribution in [0.1, 0.15) is 0 Å². The molecule has 0 aliphatic heterocycles. The molecule has 0 radical (unpaired) electrons. The normalized spacial score (nSPS) is 12.4. The van der Waals surface area contributed by atoms with Gasteiger partial charge in [-0.1, -0.05) is 18.2 Å². The molecule has 25 heavy (non-hydrogen) atoms. The number of hydrogen-bond acceptors (Lipinski definition) is 6. The molecule has 1 heterocycles. The zero-order valence-corrected chi connectivity index (χ0v) is 14.6. The van der Waals surface area contributed by atoms with Gasteiger partial charge in [0, 0.05) is 34.4 Å². The molecule has 3 rings (SSSR count). The molecule has 0 N–H and O–H groups in total. The Bertz CT molecular complexity index is 1200. The molecule has 0 spiro atoms. The van der Waals surface area contributed by atoms with Gasteiger partial charge in [0.1, 0.15) is 4.90 Å². The summed E-state index contributed by atoms with van der Waals surface area (Å²) in [5.41, 5.74) is -0.139. The molecule has 0 fully saturated rings. The summed E-state index contributed by atoms with van der Waals surface area (Å²) < 4.78 is 49.9. The van der Waals surface area contributed by atoms with Crippen LogP contribution in [0.25, 0.3) is 10.9 Å². The van der Waals surface area contributed by atoms with Crippen LogP contribution >= 0.6 is 10.7 Å². The van der Waals surface area contributed by atoms with Crippen molar-refractivity contribution in [2.24, 2.45) is 0 Å². The van der Waals surface area contributed by atoms with Crippen LogP contribution in [-0.4, -0.2) is 25.7 Å². The van der Waals surface area contributed by atoms with E-state index in [1.54, 1.807) is 12.1 Å². The van der Waals surface area contributed by atoms with Crippen molar-refractivity contribution < 1.29 is 21.8 Å². The zero-order valence-electron chi connectivity index (χ0n) is 12.2. The maximum atomic E-state index is 12.8. The highest BCUT2D eigenvalue weighted by molar-refractivity contribution is 8.14. The number of nitro groups is 1. The molecule has 8 nitrogen and oxygen atoms in total. The van der Waals surface area contributed by atoms with E-state index >= 15 is 0 Å². The van der Waals surface area contributed by atoms with Crippen LogP contribution in [-0.2, 0) is 19.1 Å². The van der Waals surface area contributed by atoms with Crippen molar-refractivity contribution in [3.05, 3.63) is 64.8 Å². The third-order valence-corrected chi connectivity index (χ3v) is 6.55. The van der Waals surface area contributed by atoms with Gasteiger partial charge in [-0.15, -0.1) is 0 Å². The molecule has 3 aromatic rings. The average molecular weight is 401 g/mol. The van der Waals surface area contributed by atoms with Crippen LogP contribution in [0, 0.1) is 10.1 Å². The number of benzene rings is 2. The summed E-state index contributed by atoms with van der Waals surface area (Å²) in [6.07, 6.45) is 0.920. The van der Waals surface area contributed by atoms with E-state index in [0.717, 1.165) is 34.4 Å². The van der Waals surface area contributed by atoms with Crippen molar-refractivity contribution in [1.82, 2.24) is 3.97 Å². The Balaban J connectivity index is 2.26. The van der Waals surface area contributed by atoms with Crippen LogP contribution < -0.4 is 0 Å². The van der Waals surface area contributed by atoms with Crippen molar-refractivity contribution in [2.45, 2.75) is 9.79 Å². The van der Waals surface area contributed by atoms with Crippen molar-refractivity contribution in [3.63, 3.8) is 0 Å². The van der Waals surface area contributed by atoms with E-state index in [1.807, 2.05) is 0 Å². The number of halogens is 1. The summed E-state index contributed by atoms with van der Waals surface area (Å²) in [4.78, 5) is 9.47. The molecule has 0 saturated carbocycles. The van der Waals surface area contributed by atoms with Crippen LogP contribution in [0.5, 0.6) is 0 Å². The smallest absolute Gasteiger partial charge is 0.258 e. The highest BCUT2D eigenvalue weighted by atomic mass is 35.7. The Morgan fingerprint density at radius 1 is 0.960 bits per heavy atom. The van der Waals surface area contributed by atoms with E-state index in [9.17, 15) is 26.9 Å². The van der Waals surface area contributed by atoms with Crippen molar-refractivity contribution in [2.75, 3.05) is 0 Å². The van der Waals surface area contributed by atoms with Crippen molar-refractivity contribution >= 4 is 46.3 Å². The number of fused-ring (bicyclic) bond motifs is 1. The van der Waals surface area contributed by atoms with Gasteiger partial charge < -0.3 is 0 Å². The topological polar surface area (TPSA) is 116 Å². The summed E-state index contributed by atoms with van der Waals surface area (Å²) >= 11 is 0. The quantitative estimate of drug-likeness (QED) is 0.377. The number of nitro benzene ring substituents is 1. The Morgan fingerprint density at radius 3 is 2.12 bits per heavy atom. The predicted octanol–water partition coefficient (Wildman–Crippen LogP) is 2.71. The number of hydrogen-bond donors (Lipinski definition) is 0. The lowest BCUT2D eigenvalue weighted by atomic mass is 10.2. The molecule has 0 atom stereocenters. The van der Waals surface area contributed by atoms with Gasteiger partial charge in [0.05, 0.1) is 15.3 Å². The van der Waals surface area contributed by atoms with Crippen LogP contribution in [0.4, 0.5) is 5.69 Å². The lowest BCUT2D eigenvalue weighted by Gasteiger charge is -2.07. The number of non-ortho nitro benzene ring substituents is 1. The highest BCUT2D eigenvalue weighted by Crippen LogP contribution is 2.31. The zero-order chi connectivity index (χ0) is 18.4. The lowest BCUT2D eigenvalue weighted by molar-refractivity contribution is -0.384. The number of rotatable bonds is 4. The molecule has 130 valence electrons. The fraction of sp³-hybridized carbons (Fsp3) is 0. The molecular formula is C14H9ClN2O6S2. The minimum absolute atomic E-state index is 0.125. The van der Waals surface area contributed by atoms with Crippen molar-refractivity contribution in [3.8, 4) is 0 Å². The molecule has 0 aliphatic rings. The second-order valence-corrected chi connectivity index (χ2v) is 9.35. The Morgan fingerprint density at radius 2 is 1.56 bits per heavy atom. The number of nitrogens with zero attached hydrogens (tertiary/aromatic N) is 2. The lowest BCUT2D eigenvalue weighted by Crippen LogP contribution is -2.12. The van der Waals surface area contributed by atoms with Gasteiger partial charge in [-0.25, -0.2) is 20.8 Å². The Kier molecular flexibility index (Phi) is 4.06. The average Bonchev–Trinajstić information content (AvgIpc) is 2.95. The third kappa shape index (κ3) is 2.99. The van der Waals surface area contributed by atoms with E-state index in [1.165, 1.54) is 12.1 Å². The fourth-order valence-electron chi connectivity index (χ4n) is 2.37. The van der Waals surface area contributed by atoms with E-state index < -0.39 is 24.0 Å². The van der Waals surface area contributed by atoms with E-state index in [0.29, 0.717) is 0 Å². The summed E-state index contributed by atoms with van der Waals surface area (Å²) in [6.45, 7) is 0. The minimum Gasteiger partial charge on any atom is -0.258 e. The van der Waals surface area contributed by atoms with E-state index in [2.05, 4.69) is 0 Å². The second kappa shape index (κ2) is 5.83. The molecular weight excluding hydrogens is 392 g/mol. The molecule has 0 saturated heterocycles. The molecule has 0 unspecified atom stereocenters. The Labute approximate surface area is 146 Å². The molecule has 2 aromatic carbocycles.